The summed E-state index contributed by atoms with van der Waals surface area (Å²) < 4.78 is 2.43. The molecule has 0 N–H and O–H groups in total. The van der Waals surface area contributed by atoms with Gasteiger partial charge in [0.2, 0.25) is 0 Å². The molecule has 1 aromatic rings. The molecule has 0 fully saturated rings. The molecule has 0 amide bonds. The lowest BCUT2D eigenvalue weighted by Crippen LogP contribution is -2.42. The highest BCUT2D eigenvalue weighted by molar-refractivity contribution is 5.37. The summed E-state index contributed by atoms with van der Waals surface area (Å²) in [6, 6.07) is 0. The molecule has 0 bridgehead atoms. The summed E-state index contributed by atoms with van der Waals surface area (Å²) >= 11 is 0. The number of aromatic nitrogens is 1. The van der Waals surface area contributed by atoms with Crippen molar-refractivity contribution in [2.24, 2.45) is 7.05 Å². The van der Waals surface area contributed by atoms with Crippen molar-refractivity contribution >= 4 is 0 Å². The topological polar surface area (TPSA) is 3.88 Å². The van der Waals surface area contributed by atoms with Crippen molar-refractivity contribution in [1.82, 2.24) is 0 Å². The normalized spacial score (nSPS) is 11.6. The number of rotatable bonds is 3. The SMILES string of the molecule is CCc1c(C)c(C(C)C)[n+](C)c(C(C)C)c1C. The second kappa shape index (κ2) is 5.20. The first kappa shape index (κ1) is 14.2. The van der Waals surface area contributed by atoms with E-state index in [2.05, 4.69) is 60.1 Å². The van der Waals surface area contributed by atoms with Gasteiger partial charge in [-0.25, -0.2) is 4.57 Å². The summed E-state index contributed by atoms with van der Waals surface area (Å²) in [6.07, 6.45) is 1.14. The first-order valence-corrected chi connectivity index (χ1v) is 6.84. The Hall–Kier alpha value is -0.850. The summed E-state index contributed by atoms with van der Waals surface area (Å²) in [5, 5.41) is 0. The Morgan fingerprint density at radius 2 is 1.24 bits per heavy atom. The van der Waals surface area contributed by atoms with E-state index in [1.54, 1.807) is 5.56 Å². The van der Waals surface area contributed by atoms with Gasteiger partial charge in [0.25, 0.3) is 0 Å². The molecule has 0 aliphatic heterocycles. The van der Waals surface area contributed by atoms with Crippen LogP contribution in [0.3, 0.4) is 0 Å². The van der Waals surface area contributed by atoms with Crippen LogP contribution in [0.25, 0.3) is 0 Å². The summed E-state index contributed by atoms with van der Waals surface area (Å²) in [5.41, 5.74) is 7.53. The molecule has 17 heavy (non-hydrogen) atoms. The number of pyridine rings is 1. The van der Waals surface area contributed by atoms with Crippen LogP contribution in [0.15, 0.2) is 0 Å². The van der Waals surface area contributed by atoms with Crippen LogP contribution in [0.5, 0.6) is 0 Å². The summed E-state index contributed by atoms with van der Waals surface area (Å²) in [7, 11) is 2.23. The maximum atomic E-state index is 2.43. The van der Waals surface area contributed by atoms with Gasteiger partial charge in [-0.05, 0) is 25.8 Å². The molecule has 0 saturated heterocycles. The van der Waals surface area contributed by atoms with Crippen molar-refractivity contribution in [1.29, 1.82) is 0 Å². The Labute approximate surface area is 107 Å². The standard InChI is InChI=1S/C16H28N/c1-9-14-12(6)15(10(2)3)17(8)16(11(4)5)13(14)7/h10-11H,9H2,1-8H3/q+1. The van der Waals surface area contributed by atoms with E-state index in [4.69, 9.17) is 0 Å². The van der Waals surface area contributed by atoms with E-state index in [-0.39, 0.29) is 0 Å². The van der Waals surface area contributed by atoms with Crippen LogP contribution < -0.4 is 4.57 Å². The lowest BCUT2D eigenvalue weighted by atomic mass is 9.90. The van der Waals surface area contributed by atoms with Crippen molar-refractivity contribution in [3.63, 3.8) is 0 Å². The molecule has 1 heteroatoms. The molecule has 0 radical (unpaired) electrons. The zero-order chi connectivity index (χ0) is 13.3. The molecular formula is C16H28N+. The Morgan fingerprint density at radius 3 is 1.47 bits per heavy atom. The van der Waals surface area contributed by atoms with E-state index < -0.39 is 0 Å². The Kier molecular flexibility index (Phi) is 4.35. The molecule has 0 spiro atoms. The molecule has 0 unspecified atom stereocenters. The molecule has 0 atom stereocenters. The lowest BCUT2D eigenvalue weighted by molar-refractivity contribution is -0.689. The lowest BCUT2D eigenvalue weighted by Gasteiger charge is -2.19. The van der Waals surface area contributed by atoms with Crippen molar-refractivity contribution in [3.8, 4) is 0 Å². The van der Waals surface area contributed by atoms with Crippen molar-refractivity contribution < 1.29 is 4.57 Å². The zero-order valence-electron chi connectivity index (χ0n) is 12.8. The van der Waals surface area contributed by atoms with Crippen LogP contribution in [0.1, 0.15) is 74.5 Å². The van der Waals surface area contributed by atoms with Crippen LogP contribution in [0.4, 0.5) is 0 Å². The Bertz CT molecular complexity index is 379. The third kappa shape index (κ3) is 2.38. The molecule has 1 rings (SSSR count). The van der Waals surface area contributed by atoms with Gasteiger partial charge in [0.05, 0.1) is 0 Å². The third-order valence-electron chi connectivity index (χ3n) is 3.84. The molecule has 1 nitrogen and oxygen atoms in total. The molecule has 0 aliphatic rings. The van der Waals surface area contributed by atoms with Crippen molar-refractivity contribution in [3.05, 3.63) is 28.1 Å². The van der Waals surface area contributed by atoms with E-state index in [1.807, 2.05) is 0 Å². The number of nitrogens with zero attached hydrogens (tertiary/aromatic N) is 1. The average molecular weight is 234 g/mol. The molecule has 0 saturated carbocycles. The fourth-order valence-corrected chi connectivity index (χ4v) is 3.39. The van der Waals surface area contributed by atoms with Crippen LogP contribution >= 0.6 is 0 Å². The van der Waals surface area contributed by atoms with E-state index >= 15 is 0 Å². The fourth-order valence-electron chi connectivity index (χ4n) is 3.39. The van der Waals surface area contributed by atoms with Gasteiger partial charge in [0.1, 0.15) is 7.05 Å². The quantitative estimate of drug-likeness (QED) is 0.698. The van der Waals surface area contributed by atoms with Gasteiger partial charge in [-0.3, -0.25) is 0 Å². The molecular weight excluding hydrogens is 206 g/mol. The minimum Gasteiger partial charge on any atom is -0.202 e. The summed E-state index contributed by atoms with van der Waals surface area (Å²) in [6.45, 7) is 16.0. The smallest absolute Gasteiger partial charge is 0.187 e. The summed E-state index contributed by atoms with van der Waals surface area (Å²) in [5.74, 6) is 1.17. The molecule has 1 aromatic heterocycles. The van der Waals surface area contributed by atoms with E-state index in [9.17, 15) is 0 Å². The Morgan fingerprint density at radius 1 is 0.882 bits per heavy atom. The predicted molar refractivity (Wildman–Crippen MR) is 74.6 cm³/mol. The zero-order valence-corrected chi connectivity index (χ0v) is 12.8. The maximum absolute atomic E-state index is 2.43. The Balaban J connectivity index is 3.69. The minimum atomic E-state index is 0.586. The molecule has 96 valence electrons. The van der Waals surface area contributed by atoms with Crippen LogP contribution in [-0.2, 0) is 13.5 Å². The van der Waals surface area contributed by atoms with E-state index in [0.29, 0.717) is 11.8 Å². The van der Waals surface area contributed by atoms with Gasteiger partial charge < -0.3 is 0 Å². The van der Waals surface area contributed by atoms with Crippen LogP contribution in [0.2, 0.25) is 0 Å². The van der Waals surface area contributed by atoms with Gasteiger partial charge in [0, 0.05) is 23.0 Å². The summed E-state index contributed by atoms with van der Waals surface area (Å²) in [4.78, 5) is 0. The molecule has 0 aromatic carbocycles. The van der Waals surface area contributed by atoms with E-state index in [1.165, 1.54) is 22.5 Å². The highest BCUT2D eigenvalue weighted by Gasteiger charge is 2.26. The first-order valence-electron chi connectivity index (χ1n) is 6.84. The van der Waals surface area contributed by atoms with Crippen LogP contribution in [0, 0.1) is 13.8 Å². The maximum Gasteiger partial charge on any atom is 0.187 e. The monoisotopic (exact) mass is 234 g/mol. The molecule has 0 aliphatic carbocycles. The predicted octanol–water partition coefficient (Wildman–Crippen LogP) is 3.94. The first-order chi connectivity index (χ1) is 7.82. The van der Waals surface area contributed by atoms with Crippen LogP contribution in [-0.4, -0.2) is 0 Å². The molecule has 1 heterocycles. The van der Waals surface area contributed by atoms with Gasteiger partial charge >= 0.3 is 0 Å². The largest absolute Gasteiger partial charge is 0.202 e. The van der Waals surface area contributed by atoms with Gasteiger partial charge in [-0.15, -0.1) is 0 Å². The van der Waals surface area contributed by atoms with E-state index in [0.717, 1.165) is 6.42 Å². The highest BCUT2D eigenvalue weighted by atomic mass is 15.0. The average Bonchev–Trinajstić information content (AvgIpc) is 2.16. The van der Waals surface area contributed by atoms with Crippen molar-refractivity contribution in [2.75, 3.05) is 0 Å². The second-order valence-corrected chi connectivity index (χ2v) is 5.72. The third-order valence-corrected chi connectivity index (χ3v) is 3.84. The number of hydrogen-bond acceptors (Lipinski definition) is 0. The van der Waals surface area contributed by atoms with Gasteiger partial charge in [-0.2, -0.15) is 0 Å². The highest BCUT2D eigenvalue weighted by Crippen LogP contribution is 2.26. The van der Waals surface area contributed by atoms with Gasteiger partial charge in [-0.1, -0.05) is 34.6 Å². The van der Waals surface area contributed by atoms with Crippen molar-refractivity contribution in [2.45, 2.75) is 66.7 Å². The number of hydrogen-bond donors (Lipinski definition) is 0. The van der Waals surface area contributed by atoms with Gasteiger partial charge in [0.15, 0.2) is 11.4 Å². The minimum absolute atomic E-state index is 0.586. The second-order valence-electron chi connectivity index (χ2n) is 5.72. The fraction of sp³-hybridized carbons (Fsp3) is 0.688.